The minimum Gasteiger partial charge on any atom is -0.496 e. The number of carbonyl (C=O) groups excluding carboxylic acids is 1. The third-order valence-corrected chi connectivity index (χ3v) is 4.70. The van der Waals surface area contributed by atoms with Crippen molar-refractivity contribution in [2.24, 2.45) is 0 Å². The molecule has 1 amide bonds. The number of aryl methyl sites for hydroxylation is 2. The van der Waals surface area contributed by atoms with Gasteiger partial charge in [-0.1, -0.05) is 29.8 Å². The van der Waals surface area contributed by atoms with Crippen molar-refractivity contribution in [2.75, 3.05) is 13.7 Å². The Morgan fingerprint density at radius 2 is 1.81 bits per heavy atom. The first-order chi connectivity index (χ1) is 13.0. The Labute approximate surface area is 158 Å². The van der Waals surface area contributed by atoms with E-state index in [-0.39, 0.29) is 18.1 Å². The molecule has 142 valence electrons. The van der Waals surface area contributed by atoms with E-state index < -0.39 is 0 Å². The van der Waals surface area contributed by atoms with Gasteiger partial charge in [0.2, 0.25) is 5.91 Å². The van der Waals surface area contributed by atoms with Crippen LogP contribution in [-0.4, -0.2) is 28.7 Å². The maximum Gasteiger partial charge on any atom is 0.329 e. The van der Waals surface area contributed by atoms with Crippen LogP contribution in [0.25, 0.3) is 11.0 Å². The van der Waals surface area contributed by atoms with Gasteiger partial charge >= 0.3 is 5.69 Å². The number of nitrogens with zero attached hydrogens (tertiary/aromatic N) is 2. The highest BCUT2D eigenvalue weighted by molar-refractivity contribution is 5.80. The molecule has 1 heterocycles. The van der Waals surface area contributed by atoms with Crippen LogP contribution in [0, 0.1) is 6.92 Å². The van der Waals surface area contributed by atoms with Crippen molar-refractivity contribution in [2.45, 2.75) is 33.4 Å². The second-order valence-corrected chi connectivity index (χ2v) is 6.52. The van der Waals surface area contributed by atoms with Gasteiger partial charge in [-0.15, -0.1) is 0 Å². The van der Waals surface area contributed by atoms with Crippen molar-refractivity contribution in [1.29, 1.82) is 0 Å². The summed E-state index contributed by atoms with van der Waals surface area (Å²) < 4.78 is 8.58. The molecule has 0 aliphatic rings. The van der Waals surface area contributed by atoms with E-state index in [1.165, 1.54) is 4.57 Å². The van der Waals surface area contributed by atoms with E-state index in [9.17, 15) is 9.59 Å². The number of ether oxygens (including phenoxy) is 1. The lowest BCUT2D eigenvalue weighted by Gasteiger charge is -2.10. The van der Waals surface area contributed by atoms with Crippen LogP contribution in [-0.2, 0) is 24.3 Å². The molecule has 0 spiro atoms. The van der Waals surface area contributed by atoms with E-state index in [2.05, 4.69) is 11.4 Å². The fourth-order valence-electron chi connectivity index (χ4n) is 3.37. The fraction of sp³-hybridized carbons (Fsp3) is 0.333. The predicted molar refractivity (Wildman–Crippen MR) is 106 cm³/mol. The van der Waals surface area contributed by atoms with Crippen LogP contribution in [0.15, 0.2) is 47.3 Å². The summed E-state index contributed by atoms with van der Waals surface area (Å²) >= 11 is 0. The molecule has 6 heteroatoms. The molecule has 0 radical (unpaired) electrons. The zero-order chi connectivity index (χ0) is 19.4. The molecule has 0 unspecified atom stereocenters. The summed E-state index contributed by atoms with van der Waals surface area (Å²) in [7, 11) is 1.64. The number of benzene rings is 2. The molecule has 0 atom stereocenters. The normalized spacial score (nSPS) is 10.9. The number of carbonyl (C=O) groups is 1. The van der Waals surface area contributed by atoms with Gasteiger partial charge in [0, 0.05) is 13.1 Å². The lowest BCUT2D eigenvalue weighted by atomic mass is 10.1. The third-order valence-electron chi connectivity index (χ3n) is 4.70. The maximum atomic E-state index is 12.6. The summed E-state index contributed by atoms with van der Waals surface area (Å²) in [5.41, 5.74) is 3.67. The molecule has 27 heavy (non-hydrogen) atoms. The van der Waals surface area contributed by atoms with Crippen LogP contribution in [0.5, 0.6) is 5.75 Å². The number of methoxy groups -OCH3 is 1. The maximum absolute atomic E-state index is 12.6. The predicted octanol–water partition coefficient (Wildman–Crippen LogP) is 2.50. The lowest BCUT2D eigenvalue weighted by molar-refractivity contribution is -0.121. The van der Waals surface area contributed by atoms with Gasteiger partial charge in [0.15, 0.2) is 0 Å². The molecule has 2 aromatic carbocycles. The minimum absolute atomic E-state index is 0.0112. The summed E-state index contributed by atoms with van der Waals surface area (Å²) in [5.74, 6) is 0.639. The van der Waals surface area contributed by atoms with Gasteiger partial charge in [-0.2, -0.15) is 0 Å². The smallest absolute Gasteiger partial charge is 0.329 e. The number of nitrogens with one attached hydrogen (secondary N) is 1. The molecule has 0 fully saturated rings. The number of aromatic nitrogens is 2. The van der Waals surface area contributed by atoms with Gasteiger partial charge in [-0.05, 0) is 44.0 Å². The molecule has 6 nitrogen and oxygen atoms in total. The fourth-order valence-corrected chi connectivity index (χ4v) is 3.37. The molecule has 1 aromatic heterocycles. The van der Waals surface area contributed by atoms with Crippen LogP contribution in [0.1, 0.15) is 18.1 Å². The Hall–Kier alpha value is -3.02. The van der Waals surface area contributed by atoms with E-state index >= 15 is 0 Å². The number of fused-ring (bicyclic) bond motifs is 1. The van der Waals surface area contributed by atoms with Crippen molar-refractivity contribution in [1.82, 2.24) is 14.5 Å². The van der Waals surface area contributed by atoms with Gasteiger partial charge in [0.1, 0.15) is 12.3 Å². The number of para-hydroxylation sites is 2. The average molecular weight is 367 g/mol. The number of hydrogen-bond acceptors (Lipinski definition) is 3. The van der Waals surface area contributed by atoms with E-state index in [0.717, 1.165) is 27.9 Å². The quantitative estimate of drug-likeness (QED) is 0.698. The van der Waals surface area contributed by atoms with E-state index in [1.807, 2.05) is 50.2 Å². The Bertz CT molecular complexity index is 1020. The van der Waals surface area contributed by atoms with E-state index in [0.29, 0.717) is 19.5 Å². The van der Waals surface area contributed by atoms with Gasteiger partial charge in [-0.25, -0.2) is 4.79 Å². The Kier molecular flexibility index (Phi) is 5.64. The molecule has 0 bridgehead atoms. The van der Waals surface area contributed by atoms with Crippen LogP contribution < -0.4 is 15.7 Å². The SMILES string of the molecule is CCn1c(=O)n(CC(=O)NCCc2cc(C)ccc2OC)c2ccccc21. The largest absolute Gasteiger partial charge is 0.496 e. The molecule has 0 saturated carbocycles. The standard InChI is InChI=1S/C21H25N3O3/c1-4-23-17-7-5-6-8-18(17)24(21(23)26)14-20(25)22-12-11-16-13-15(2)9-10-19(16)27-3/h5-10,13H,4,11-12,14H2,1-3H3,(H,22,25). The first-order valence-electron chi connectivity index (χ1n) is 9.13. The Balaban J connectivity index is 1.69. The van der Waals surface area contributed by atoms with Crippen molar-refractivity contribution in [3.05, 3.63) is 64.1 Å². The van der Waals surface area contributed by atoms with Crippen molar-refractivity contribution >= 4 is 16.9 Å². The summed E-state index contributed by atoms with van der Waals surface area (Å²) in [6, 6.07) is 13.5. The van der Waals surface area contributed by atoms with Crippen LogP contribution in [0.2, 0.25) is 0 Å². The van der Waals surface area contributed by atoms with Crippen LogP contribution in [0.3, 0.4) is 0 Å². The zero-order valence-electron chi connectivity index (χ0n) is 16.0. The summed E-state index contributed by atoms with van der Waals surface area (Å²) in [6.07, 6.45) is 0.669. The lowest BCUT2D eigenvalue weighted by Crippen LogP contribution is -2.34. The van der Waals surface area contributed by atoms with Gasteiger partial charge in [0.05, 0.1) is 18.1 Å². The van der Waals surface area contributed by atoms with Crippen molar-refractivity contribution in [3.8, 4) is 5.75 Å². The molecular weight excluding hydrogens is 342 g/mol. The molecule has 0 aliphatic carbocycles. The molecule has 3 aromatic rings. The molecule has 0 aliphatic heterocycles. The van der Waals surface area contributed by atoms with E-state index in [1.54, 1.807) is 11.7 Å². The molecule has 3 rings (SSSR count). The minimum atomic E-state index is -0.178. The van der Waals surface area contributed by atoms with Crippen molar-refractivity contribution < 1.29 is 9.53 Å². The van der Waals surface area contributed by atoms with E-state index in [4.69, 9.17) is 4.74 Å². The first kappa shape index (κ1) is 18.8. The molecular formula is C21H25N3O3. The summed E-state index contributed by atoms with van der Waals surface area (Å²) in [4.78, 5) is 25.0. The van der Waals surface area contributed by atoms with Crippen LogP contribution >= 0.6 is 0 Å². The summed E-state index contributed by atoms with van der Waals surface area (Å²) in [5, 5.41) is 2.91. The highest BCUT2D eigenvalue weighted by atomic mass is 16.5. The number of hydrogen-bond donors (Lipinski definition) is 1. The van der Waals surface area contributed by atoms with Crippen LogP contribution in [0.4, 0.5) is 0 Å². The van der Waals surface area contributed by atoms with Gasteiger partial charge in [-0.3, -0.25) is 13.9 Å². The Morgan fingerprint density at radius 3 is 2.48 bits per heavy atom. The second kappa shape index (κ2) is 8.12. The van der Waals surface area contributed by atoms with Gasteiger partial charge in [0.25, 0.3) is 0 Å². The number of rotatable bonds is 7. The summed E-state index contributed by atoms with van der Waals surface area (Å²) in [6.45, 7) is 5.02. The third kappa shape index (κ3) is 3.89. The average Bonchev–Trinajstić information content (AvgIpc) is 2.93. The Morgan fingerprint density at radius 1 is 1.11 bits per heavy atom. The zero-order valence-corrected chi connectivity index (χ0v) is 16.0. The van der Waals surface area contributed by atoms with Gasteiger partial charge < -0.3 is 10.1 Å². The molecule has 0 saturated heterocycles. The second-order valence-electron chi connectivity index (χ2n) is 6.52. The number of amides is 1. The highest BCUT2D eigenvalue weighted by Gasteiger charge is 2.14. The topological polar surface area (TPSA) is 65.3 Å². The monoisotopic (exact) mass is 367 g/mol. The highest BCUT2D eigenvalue weighted by Crippen LogP contribution is 2.19. The number of imidazole rings is 1. The van der Waals surface area contributed by atoms with Crippen molar-refractivity contribution in [3.63, 3.8) is 0 Å². The first-order valence-corrected chi connectivity index (χ1v) is 9.13. The molecule has 1 N–H and O–H groups in total.